The molecular formula is C26H30ClN3O4. The van der Waals surface area contributed by atoms with Crippen LogP contribution in [0.2, 0.25) is 5.02 Å². The van der Waals surface area contributed by atoms with Crippen LogP contribution in [0.3, 0.4) is 0 Å². The number of carbonyl (C=O) groups excluding carboxylic acids is 2. The van der Waals surface area contributed by atoms with Crippen LogP contribution in [0.15, 0.2) is 59.1 Å². The number of amides is 2. The highest BCUT2D eigenvalue weighted by Gasteiger charge is 2.22. The fraction of sp³-hybridized carbons (Fsp3) is 0.346. The third-order valence-electron chi connectivity index (χ3n) is 4.94. The molecule has 1 heterocycles. The van der Waals surface area contributed by atoms with Crippen molar-refractivity contribution < 1.29 is 18.7 Å². The van der Waals surface area contributed by atoms with E-state index in [1.54, 1.807) is 17.2 Å². The number of halogens is 1. The van der Waals surface area contributed by atoms with Crippen molar-refractivity contribution in [1.82, 2.24) is 9.88 Å². The van der Waals surface area contributed by atoms with Crippen LogP contribution in [0, 0.1) is 0 Å². The summed E-state index contributed by atoms with van der Waals surface area (Å²) in [6.45, 7) is 8.19. The van der Waals surface area contributed by atoms with Gasteiger partial charge in [0.15, 0.2) is 11.7 Å². The maximum Gasteiger partial charge on any atom is 0.410 e. The number of anilines is 1. The van der Waals surface area contributed by atoms with Crippen molar-refractivity contribution in [2.45, 2.75) is 52.7 Å². The average Bonchev–Trinajstić information content (AvgIpc) is 3.25. The van der Waals surface area contributed by atoms with Gasteiger partial charge < -0.3 is 19.4 Å². The van der Waals surface area contributed by atoms with Gasteiger partial charge in [-0.2, -0.15) is 0 Å². The molecule has 34 heavy (non-hydrogen) atoms. The van der Waals surface area contributed by atoms with Gasteiger partial charge in [-0.05, 0) is 51.5 Å². The van der Waals surface area contributed by atoms with Crippen LogP contribution in [0.4, 0.5) is 10.5 Å². The van der Waals surface area contributed by atoms with Crippen molar-refractivity contribution in [1.29, 1.82) is 0 Å². The van der Waals surface area contributed by atoms with E-state index >= 15 is 0 Å². The monoisotopic (exact) mass is 483 g/mol. The lowest BCUT2D eigenvalue weighted by atomic mass is 10.1. The van der Waals surface area contributed by atoms with E-state index in [9.17, 15) is 9.59 Å². The van der Waals surface area contributed by atoms with E-state index in [-0.39, 0.29) is 12.3 Å². The number of aryl methyl sites for hydroxylation is 1. The molecule has 1 aromatic heterocycles. The number of benzene rings is 2. The highest BCUT2D eigenvalue weighted by molar-refractivity contribution is 6.33. The van der Waals surface area contributed by atoms with Gasteiger partial charge in [-0.1, -0.05) is 41.9 Å². The third kappa shape index (κ3) is 7.09. The number of ether oxygens (including phenoxy) is 1. The first-order chi connectivity index (χ1) is 16.2. The fourth-order valence-corrected chi connectivity index (χ4v) is 3.49. The Hall–Kier alpha value is -3.32. The molecule has 0 bridgehead atoms. The Morgan fingerprint density at radius 2 is 1.82 bits per heavy atom. The minimum absolute atomic E-state index is 0.176. The van der Waals surface area contributed by atoms with E-state index in [4.69, 9.17) is 20.8 Å². The van der Waals surface area contributed by atoms with E-state index < -0.39 is 11.7 Å². The molecule has 0 aliphatic rings. The predicted molar refractivity (Wildman–Crippen MR) is 133 cm³/mol. The molecule has 8 heteroatoms. The summed E-state index contributed by atoms with van der Waals surface area (Å²) in [6.07, 6.45) is 1.76. The Labute approximate surface area is 205 Å². The van der Waals surface area contributed by atoms with Gasteiger partial charge in [-0.25, -0.2) is 9.78 Å². The van der Waals surface area contributed by atoms with Crippen LogP contribution >= 0.6 is 11.6 Å². The molecule has 180 valence electrons. The Balaban J connectivity index is 1.61. The van der Waals surface area contributed by atoms with Crippen molar-refractivity contribution in [3.05, 3.63) is 71.2 Å². The number of hydrogen-bond acceptors (Lipinski definition) is 5. The summed E-state index contributed by atoms with van der Waals surface area (Å²) < 4.78 is 11.3. The summed E-state index contributed by atoms with van der Waals surface area (Å²) in [5.41, 5.74) is 1.65. The minimum atomic E-state index is -0.580. The molecule has 7 nitrogen and oxygen atoms in total. The molecule has 2 amide bonds. The van der Waals surface area contributed by atoms with E-state index in [2.05, 4.69) is 10.3 Å². The van der Waals surface area contributed by atoms with Gasteiger partial charge in [-0.3, -0.25) is 4.79 Å². The molecule has 0 fully saturated rings. The highest BCUT2D eigenvalue weighted by Crippen LogP contribution is 2.28. The Kier molecular flexibility index (Phi) is 8.34. The molecule has 1 N–H and O–H groups in total. The van der Waals surface area contributed by atoms with Gasteiger partial charge in [0.1, 0.15) is 5.60 Å². The normalized spacial score (nSPS) is 11.2. The number of aromatic nitrogens is 1. The Bertz CT molecular complexity index is 1140. The molecular weight excluding hydrogens is 454 g/mol. The Morgan fingerprint density at radius 1 is 1.12 bits per heavy atom. The molecule has 0 atom stereocenters. The second-order valence-corrected chi connectivity index (χ2v) is 9.21. The lowest BCUT2D eigenvalue weighted by Crippen LogP contribution is -2.36. The number of oxazole rings is 1. The van der Waals surface area contributed by atoms with Crippen molar-refractivity contribution in [3.63, 3.8) is 0 Å². The number of nitrogens with one attached hydrogen (secondary N) is 1. The van der Waals surface area contributed by atoms with Gasteiger partial charge in [0.25, 0.3) is 0 Å². The number of nitrogens with zero attached hydrogens (tertiary/aromatic N) is 2. The second-order valence-electron chi connectivity index (χ2n) is 8.80. The lowest BCUT2D eigenvalue weighted by molar-refractivity contribution is -0.116. The summed E-state index contributed by atoms with van der Waals surface area (Å²) in [6, 6.07) is 14.8. The van der Waals surface area contributed by atoms with Crippen LogP contribution in [-0.4, -0.2) is 34.0 Å². The molecule has 0 saturated heterocycles. The summed E-state index contributed by atoms with van der Waals surface area (Å²) in [4.78, 5) is 31.0. The van der Waals surface area contributed by atoms with Crippen molar-refractivity contribution >= 4 is 29.3 Å². The van der Waals surface area contributed by atoms with E-state index in [0.29, 0.717) is 41.9 Å². The van der Waals surface area contributed by atoms with Crippen molar-refractivity contribution in [3.8, 4) is 11.3 Å². The van der Waals surface area contributed by atoms with Gasteiger partial charge in [0.05, 0.1) is 17.8 Å². The molecule has 0 radical (unpaired) electrons. The zero-order valence-electron chi connectivity index (χ0n) is 19.9. The minimum Gasteiger partial charge on any atom is -0.444 e. The summed E-state index contributed by atoms with van der Waals surface area (Å²) in [5, 5.41) is 3.51. The maximum atomic E-state index is 12.6. The first-order valence-corrected chi connectivity index (χ1v) is 11.6. The summed E-state index contributed by atoms with van der Waals surface area (Å²) in [5.74, 6) is 0.846. The van der Waals surface area contributed by atoms with Crippen molar-refractivity contribution in [2.24, 2.45) is 0 Å². The molecule has 3 rings (SSSR count). The number of hydrogen-bond donors (Lipinski definition) is 1. The SMILES string of the molecule is CCN(Cc1ccccc1NC(=O)CCc1ncc(-c2ccccc2Cl)o1)C(=O)OC(C)(C)C. The zero-order chi connectivity index (χ0) is 24.7. The van der Waals surface area contributed by atoms with Gasteiger partial charge in [0.2, 0.25) is 5.91 Å². The van der Waals surface area contributed by atoms with E-state index in [1.165, 1.54) is 0 Å². The van der Waals surface area contributed by atoms with Crippen LogP contribution in [0.25, 0.3) is 11.3 Å². The average molecular weight is 484 g/mol. The fourth-order valence-electron chi connectivity index (χ4n) is 3.26. The lowest BCUT2D eigenvalue weighted by Gasteiger charge is -2.27. The van der Waals surface area contributed by atoms with Crippen LogP contribution in [-0.2, 0) is 22.5 Å². The molecule has 3 aromatic rings. The predicted octanol–water partition coefficient (Wildman–Crippen LogP) is 6.32. The quantitative estimate of drug-likeness (QED) is 0.405. The molecule has 0 saturated carbocycles. The molecule has 2 aromatic carbocycles. The van der Waals surface area contributed by atoms with Crippen LogP contribution < -0.4 is 5.32 Å². The summed E-state index contributed by atoms with van der Waals surface area (Å²) in [7, 11) is 0. The van der Waals surface area contributed by atoms with Gasteiger partial charge >= 0.3 is 6.09 Å². The molecule has 0 aliphatic heterocycles. The number of rotatable bonds is 8. The molecule has 0 aliphatic carbocycles. The van der Waals surface area contributed by atoms with Crippen molar-refractivity contribution in [2.75, 3.05) is 11.9 Å². The number of carbonyl (C=O) groups is 2. The largest absolute Gasteiger partial charge is 0.444 e. The Morgan fingerprint density at radius 3 is 2.53 bits per heavy atom. The smallest absolute Gasteiger partial charge is 0.410 e. The highest BCUT2D eigenvalue weighted by atomic mass is 35.5. The maximum absolute atomic E-state index is 12.6. The van der Waals surface area contributed by atoms with Crippen LogP contribution in [0.5, 0.6) is 0 Å². The first-order valence-electron chi connectivity index (χ1n) is 11.2. The van der Waals surface area contributed by atoms with Gasteiger partial charge in [-0.15, -0.1) is 0 Å². The topological polar surface area (TPSA) is 84.7 Å². The second kappa shape index (κ2) is 11.2. The standard InChI is InChI=1S/C26H30ClN3O4/c1-5-30(25(32)34-26(2,3)4)17-18-10-6-9-13-21(18)29-23(31)14-15-24-28-16-22(33-24)19-11-7-8-12-20(19)27/h6-13,16H,5,14-15,17H2,1-4H3,(H,29,31). The van der Waals surface area contributed by atoms with Crippen LogP contribution in [0.1, 0.15) is 45.6 Å². The number of para-hydroxylation sites is 1. The zero-order valence-corrected chi connectivity index (χ0v) is 20.7. The van der Waals surface area contributed by atoms with E-state index in [0.717, 1.165) is 11.1 Å². The van der Waals surface area contributed by atoms with Gasteiger partial charge in [0, 0.05) is 30.6 Å². The molecule has 0 unspecified atom stereocenters. The first kappa shape index (κ1) is 25.3. The van der Waals surface area contributed by atoms with E-state index in [1.807, 2.05) is 70.2 Å². The molecule has 0 spiro atoms. The third-order valence-corrected chi connectivity index (χ3v) is 5.27. The summed E-state index contributed by atoms with van der Waals surface area (Å²) >= 11 is 6.21.